The molecule has 1 N–H and O–H groups in total. The number of piperidine rings is 1. The number of carboxylic acid groups (broad SMARTS) is 1. The molecule has 11 nitrogen and oxygen atoms in total. The molecule has 12 heteroatoms. The molecule has 0 bridgehead atoms. The van der Waals surface area contributed by atoms with Crippen molar-refractivity contribution in [2.24, 2.45) is 0 Å². The van der Waals surface area contributed by atoms with Gasteiger partial charge in [0.15, 0.2) is 5.82 Å². The van der Waals surface area contributed by atoms with Crippen molar-refractivity contribution in [3.8, 4) is 17.7 Å². The van der Waals surface area contributed by atoms with Crippen LogP contribution in [0.25, 0.3) is 11.0 Å². The van der Waals surface area contributed by atoms with Crippen molar-refractivity contribution < 1.29 is 28.5 Å². The number of ether oxygens (including phenoxy) is 3. The highest BCUT2D eigenvalue weighted by Crippen LogP contribution is 2.27. The maximum absolute atomic E-state index is 13.4. The van der Waals surface area contributed by atoms with Crippen molar-refractivity contribution in [1.29, 1.82) is 5.26 Å². The molecule has 2 fully saturated rings. The largest absolute Gasteiger partial charge is 0.484 e. The van der Waals surface area contributed by atoms with Crippen LogP contribution < -0.4 is 9.47 Å². The average Bonchev–Trinajstić information content (AvgIpc) is 3.32. The Morgan fingerprint density at radius 3 is 2.72 bits per heavy atom. The van der Waals surface area contributed by atoms with E-state index in [1.165, 1.54) is 12.1 Å². The average molecular weight is 587 g/mol. The Balaban J connectivity index is 1.08. The lowest BCUT2D eigenvalue weighted by atomic mass is 10.1. The van der Waals surface area contributed by atoms with Gasteiger partial charge in [-0.15, -0.1) is 0 Å². The maximum Gasteiger partial charge on any atom is 0.335 e. The molecule has 2 saturated heterocycles. The summed E-state index contributed by atoms with van der Waals surface area (Å²) < 4.78 is 33.1. The molecule has 0 aliphatic carbocycles. The zero-order chi connectivity index (χ0) is 29.9. The summed E-state index contributed by atoms with van der Waals surface area (Å²) in [5.74, 6) is 0.533. The van der Waals surface area contributed by atoms with Gasteiger partial charge in [-0.1, -0.05) is 0 Å². The molecule has 1 atom stereocenters. The molecule has 6 rings (SSSR count). The van der Waals surface area contributed by atoms with Crippen molar-refractivity contribution in [3.63, 3.8) is 0 Å². The van der Waals surface area contributed by atoms with Gasteiger partial charge in [0.25, 0.3) is 0 Å². The third-order valence-corrected chi connectivity index (χ3v) is 7.84. The third kappa shape index (κ3) is 6.43. The number of hydrogen-bond donors (Lipinski definition) is 1. The summed E-state index contributed by atoms with van der Waals surface area (Å²) in [6.45, 7) is 5.54. The first-order valence-corrected chi connectivity index (χ1v) is 14.2. The number of rotatable bonds is 10. The molecule has 0 spiro atoms. The highest BCUT2D eigenvalue weighted by Gasteiger charge is 2.26. The number of carboxylic acids is 1. The zero-order valence-electron chi connectivity index (χ0n) is 23.7. The SMILES string of the molecule is Cc1cc(C(=O)O)cc2c1nc(CN1CCC(Oc3ccnc(COc4ccc(F)cc4C#N)n3)CC1)n2C[C@@H]1CCO1. The number of nitriles is 1. The first-order chi connectivity index (χ1) is 20.9. The van der Waals surface area contributed by atoms with Crippen LogP contribution in [-0.2, 0) is 24.4 Å². The quantitative estimate of drug-likeness (QED) is 0.287. The molecular formula is C31H31FN6O5. The van der Waals surface area contributed by atoms with Crippen molar-refractivity contribution >= 4 is 17.0 Å². The Hall–Kier alpha value is -4.60. The van der Waals surface area contributed by atoms with Crippen LogP contribution in [0.3, 0.4) is 0 Å². The number of likely N-dealkylation sites (tertiary alicyclic amines) is 1. The molecule has 0 unspecified atom stereocenters. The number of carbonyl (C=O) groups is 1. The molecule has 2 aliphatic rings. The Bertz CT molecular complexity index is 1690. The van der Waals surface area contributed by atoms with E-state index in [1.807, 2.05) is 13.0 Å². The monoisotopic (exact) mass is 586 g/mol. The first-order valence-electron chi connectivity index (χ1n) is 14.2. The van der Waals surface area contributed by atoms with E-state index in [9.17, 15) is 19.6 Å². The van der Waals surface area contributed by atoms with E-state index in [0.717, 1.165) is 67.4 Å². The number of aromatic nitrogens is 4. The molecular weight excluding hydrogens is 555 g/mol. The predicted molar refractivity (Wildman–Crippen MR) is 152 cm³/mol. The van der Waals surface area contributed by atoms with Gasteiger partial charge in [0.05, 0.1) is 41.4 Å². The fraction of sp³-hybridized carbons (Fsp3) is 0.387. The lowest BCUT2D eigenvalue weighted by Gasteiger charge is -2.32. The van der Waals surface area contributed by atoms with Crippen LogP contribution in [0, 0.1) is 24.1 Å². The van der Waals surface area contributed by atoms with E-state index in [-0.39, 0.29) is 35.7 Å². The molecule has 4 aromatic rings. The second kappa shape index (κ2) is 12.3. The van der Waals surface area contributed by atoms with Crippen LogP contribution >= 0.6 is 0 Å². The molecule has 2 aliphatic heterocycles. The Kier molecular flexibility index (Phi) is 8.18. The molecule has 0 amide bonds. The Morgan fingerprint density at radius 2 is 2.00 bits per heavy atom. The summed E-state index contributed by atoms with van der Waals surface area (Å²) in [6.07, 6.45) is 4.25. The maximum atomic E-state index is 13.4. The Labute approximate surface area is 247 Å². The van der Waals surface area contributed by atoms with Gasteiger partial charge in [0.1, 0.15) is 36.2 Å². The number of halogens is 1. The van der Waals surface area contributed by atoms with Gasteiger partial charge in [0, 0.05) is 32.0 Å². The third-order valence-electron chi connectivity index (χ3n) is 7.84. The van der Waals surface area contributed by atoms with E-state index >= 15 is 0 Å². The molecule has 0 radical (unpaired) electrons. The molecule has 43 heavy (non-hydrogen) atoms. The molecule has 222 valence electrons. The van der Waals surface area contributed by atoms with Crippen molar-refractivity contribution in [2.45, 2.75) is 58.1 Å². The first kappa shape index (κ1) is 28.5. The van der Waals surface area contributed by atoms with Gasteiger partial charge in [-0.05, 0) is 62.1 Å². The lowest BCUT2D eigenvalue weighted by Crippen LogP contribution is -2.39. The number of benzene rings is 2. The molecule has 2 aromatic carbocycles. The van der Waals surface area contributed by atoms with Crippen molar-refractivity contribution in [2.75, 3.05) is 19.7 Å². The van der Waals surface area contributed by atoms with E-state index in [2.05, 4.69) is 19.4 Å². The Morgan fingerprint density at radius 1 is 1.19 bits per heavy atom. The molecule has 0 saturated carbocycles. The van der Waals surface area contributed by atoms with Gasteiger partial charge in [-0.3, -0.25) is 4.90 Å². The van der Waals surface area contributed by atoms with Crippen LogP contribution in [0.1, 0.15) is 52.4 Å². The fourth-order valence-electron chi connectivity index (χ4n) is 5.45. The number of fused-ring (bicyclic) bond motifs is 1. The van der Waals surface area contributed by atoms with Crippen LogP contribution in [0.4, 0.5) is 4.39 Å². The fourth-order valence-corrected chi connectivity index (χ4v) is 5.45. The van der Waals surface area contributed by atoms with Gasteiger partial charge < -0.3 is 23.9 Å². The number of nitrogens with zero attached hydrogens (tertiary/aromatic N) is 6. The summed E-state index contributed by atoms with van der Waals surface area (Å²) in [5.41, 5.74) is 2.85. The summed E-state index contributed by atoms with van der Waals surface area (Å²) in [5, 5.41) is 18.8. The summed E-state index contributed by atoms with van der Waals surface area (Å²) in [6, 6.07) is 10.8. The zero-order valence-corrected chi connectivity index (χ0v) is 23.7. The minimum atomic E-state index is -0.953. The lowest BCUT2D eigenvalue weighted by molar-refractivity contribution is -0.0592. The normalized spacial score (nSPS) is 17.4. The minimum Gasteiger partial charge on any atom is -0.484 e. The second-order valence-corrected chi connectivity index (χ2v) is 10.8. The van der Waals surface area contributed by atoms with Crippen LogP contribution in [-0.4, -0.2) is 67.4 Å². The van der Waals surface area contributed by atoms with Gasteiger partial charge in [-0.25, -0.2) is 19.2 Å². The summed E-state index contributed by atoms with van der Waals surface area (Å²) in [4.78, 5) is 27.7. The standard InChI is InChI=1S/C31H31FN6O5/c1-19-12-20(31(39)40)14-25-30(19)36-28(38(25)16-24-7-11-41-24)17-37-9-5-23(6-10-37)43-29-4-8-34-27(35-29)18-42-26-3-2-22(32)13-21(26)15-33/h2-4,8,12-14,23-24H,5-7,9-11,16-18H2,1H3,(H,39,40)/t24-/m0/s1. The molecule has 4 heterocycles. The van der Waals surface area contributed by atoms with Gasteiger partial charge >= 0.3 is 5.97 Å². The molecule has 2 aromatic heterocycles. The number of aromatic carboxylic acids is 1. The van der Waals surface area contributed by atoms with E-state index in [0.29, 0.717) is 24.8 Å². The smallest absolute Gasteiger partial charge is 0.335 e. The second-order valence-electron chi connectivity index (χ2n) is 10.8. The summed E-state index contributed by atoms with van der Waals surface area (Å²) >= 11 is 0. The topological polar surface area (TPSA) is 136 Å². The number of hydrogen-bond acceptors (Lipinski definition) is 9. The van der Waals surface area contributed by atoms with Crippen LogP contribution in [0.15, 0.2) is 42.6 Å². The van der Waals surface area contributed by atoms with Gasteiger partial charge in [0.2, 0.25) is 5.88 Å². The predicted octanol–water partition coefficient (Wildman–Crippen LogP) is 4.26. The van der Waals surface area contributed by atoms with Crippen LogP contribution in [0.5, 0.6) is 11.6 Å². The number of aryl methyl sites for hydroxylation is 1. The highest BCUT2D eigenvalue weighted by atomic mass is 19.1. The van der Waals surface area contributed by atoms with E-state index in [1.54, 1.807) is 24.4 Å². The highest BCUT2D eigenvalue weighted by molar-refractivity contribution is 5.94. The summed E-state index contributed by atoms with van der Waals surface area (Å²) in [7, 11) is 0. The van der Waals surface area contributed by atoms with Gasteiger partial charge in [-0.2, -0.15) is 10.2 Å². The van der Waals surface area contributed by atoms with Crippen LogP contribution in [0.2, 0.25) is 0 Å². The van der Waals surface area contributed by atoms with Crippen molar-refractivity contribution in [1.82, 2.24) is 24.4 Å². The minimum absolute atomic E-state index is 0.0102. The number of imidazole rings is 1. The van der Waals surface area contributed by atoms with E-state index in [4.69, 9.17) is 19.2 Å². The van der Waals surface area contributed by atoms with Crippen molar-refractivity contribution in [3.05, 3.63) is 76.8 Å². The van der Waals surface area contributed by atoms with E-state index < -0.39 is 11.8 Å².